The van der Waals surface area contributed by atoms with Crippen LogP contribution in [0.4, 0.5) is 0 Å². The Morgan fingerprint density at radius 3 is 2.53 bits per heavy atom. The number of allylic oxidation sites excluding steroid dienone is 3. The van der Waals surface area contributed by atoms with Crippen molar-refractivity contribution < 1.29 is 9.53 Å². The minimum atomic E-state index is -0.403. The van der Waals surface area contributed by atoms with E-state index in [2.05, 4.69) is 52.8 Å². The number of aromatic amines is 3. The Bertz CT molecular complexity index is 1290. The van der Waals surface area contributed by atoms with E-state index in [-0.39, 0.29) is 0 Å². The number of methoxy groups -OCH3 is 1. The summed E-state index contributed by atoms with van der Waals surface area (Å²) in [7, 11) is 1.39. The highest BCUT2D eigenvalue weighted by atomic mass is 16.5. The van der Waals surface area contributed by atoms with Crippen molar-refractivity contribution in [1.82, 2.24) is 15.0 Å². The molecular weight excluding hydrogens is 374 g/mol. The normalized spacial score (nSPS) is 16.6. The number of rotatable bonds is 4. The highest BCUT2D eigenvalue weighted by Crippen LogP contribution is 2.38. The van der Waals surface area contributed by atoms with E-state index in [1.54, 1.807) is 6.08 Å². The van der Waals surface area contributed by atoms with Crippen molar-refractivity contribution in [2.75, 3.05) is 7.11 Å². The number of H-pyrrole nitrogens is 3. The van der Waals surface area contributed by atoms with Gasteiger partial charge in [-0.3, -0.25) is 0 Å². The lowest BCUT2D eigenvalue weighted by Crippen LogP contribution is -2.23. The summed E-state index contributed by atoms with van der Waals surface area (Å²) in [5, 5.41) is 2.02. The van der Waals surface area contributed by atoms with Gasteiger partial charge in [0.15, 0.2) is 0 Å². The van der Waals surface area contributed by atoms with Crippen LogP contribution in [0.3, 0.4) is 0 Å². The molecule has 0 bridgehead atoms. The van der Waals surface area contributed by atoms with Crippen LogP contribution in [-0.2, 0) is 4.74 Å². The molecule has 0 saturated carbocycles. The molecule has 0 radical (unpaired) electrons. The average molecular weight is 399 g/mol. The maximum atomic E-state index is 12.6. The number of fused-ring (bicyclic) bond motifs is 1. The molecule has 152 valence electrons. The molecule has 3 aromatic rings. The first-order chi connectivity index (χ1) is 14.6. The molecular formula is C25H25N3O2. The van der Waals surface area contributed by atoms with Crippen LogP contribution in [0.15, 0.2) is 43.4 Å². The van der Waals surface area contributed by atoms with Crippen LogP contribution in [0.1, 0.15) is 35.6 Å². The topological polar surface area (TPSA) is 73.7 Å². The summed E-state index contributed by atoms with van der Waals surface area (Å²) >= 11 is 0. The number of hydrogen-bond acceptors (Lipinski definition) is 2. The average Bonchev–Trinajstić information content (AvgIpc) is 3.43. The smallest absolute Gasteiger partial charge is 0.355 e. The lowest BCUT2D eigenvalue weighted by molar-refractivity contribution is 0.0596. The van der Waals surface area contributed by atoms with Gasteiger partial charge in [-0.15, -0.1) is 0 Å². The zero-order chi connectivity index (χ0) is 21.3. The van der Waals surface area contributed by atoms with Crippen molar-refractivity contribution >= 4 is 30.3 Å². The van der Waals surface area contributed by atoms with E-state index in [4.69, 9.17) is 4.74 Å². The Hall–Kier alpha value is -3.73. The number of aromatic nitrogens is 3. The summed E-state index contributed by atoms with van der Waals surface area (Å²) in [5.41, 5.74) is 6.16. The van der Waals surface area contributed by atoms with Gasteiger partial charge in [-0.1, -0.05) is 50.0 Å². The van der Waals surface area contributed by atoms with Crippen LogP contribution in [0, 0.1) is 5.92 Å². The van der Waals surface area contributed by atoms with E-state index in [9.17, 15) is 4.79 Å². The SMILES string of the molecule is C=C/C=c1/c(-c2c[nH]c(C(=O)OC)c2-c2c[nH]c3c2C=CC(C)C=C3)c[nH]/c1=C/C. The van der Waals surface area contributed by atoms with Crippen molar-refractivity contribution in [2.45, 2.75) is 13.8 Å². The number of ether oxygens (including phenoxy) is 1. The third kappa shape index (κ3) is 3.18. The minimum Gasteiger partial charge on any atom is -0.464 e. The lowest BCUT2D eigenvalue weighted by Gasteiger charge is -2.07. The third-order valence-corrected chi connectivity index (χ3v) is 5.44. The number of hydrogen-bond donors (Lipinski definition) is 3. The van der Waals surface area contributed by atoms with Gasteiger partial charge in [0, 0.05) is 62.7 Å². The Morgan fingerprint density at radius 2 is 1.80 bits per heavy atom. The molecule has 0 spiro atoms. The molecule has 5 nitrogen and oxygen atoms in total. The second-order valence-corrected chi connectivity index (χ2v) is 7.27. The molecule has 5 heteroatoms. The largest absolute Gasteiger partial charge is 0.464 e. The summed E-state index contributed by atoms with van der Waals surface area (Å²) in [4.78, 5) is 22.4. The van der Waals surface area contributed by atoms with E-state index in [0.29, 0.717) is 11.6 Å². The lowest BCUT2D eigenvalue weighted by atomic mass is 9.95. The predicted octanol–water partition coefficient (Wildman–Crippen LogP) is 4.23. The van der Waals surface area contributed by atoms with Crippen molar-refractivity contribution in [2.24, 2.45) is 5.92 Å². The van der Waals surface area contributed by atoms with Gasteiger partial charge in [-0.05, 0) is 18.9 Å². The Balaban J connectivity index is 2.04. The Kier molecular flexibility index (Phi) is 5.19. The Morgan fingerprint density at radius 1 is 1.07 bits per heavy atom. The maximum absolute atomic E-state index is 12.6. The van der Waals surface area contributed by atoms with Gasteiger partial charge in [0.2, 0.25) is 0 Å². The Labute approximate surface area is 175 Å². The van der Waals surface area contributed by atoms with Gasteiger partial charge in [0.1, 0.15) is 5.69 Å². The molecule has 3 heterocycles. The third-order valence-electron chi connectivity index (χ3n) is 5.44. The van der Waals surface area contributed by atoms with Gasteiger partial charge in [-0.2, -0.15) is 0 Å². The molecule has 4 rings (SSSR count). The van der Waals surface area contributed by atoms with E-state index in [1.807, 2.05) is 37.7 Å². The molecule has 0 fully saturated rings. The first kappa shape index (κ1) is 19.6. The van der Waals surface area contributed by atoms with Crippen molar-refractivity contribution in [1.29, 1.82) is 0 Å². The van der Waals surface area contributed by atoms with Gasteiger partial charge in [-0.25, -0.2) is 4.79 Å². The molecule has 1 unspecified atom stereocenters. The zero-order valence-electron chi connectivity index (χ0n) is 17.4. The zero-order valence-corrected chi connectivity index (χ0v) is 17.4. The van der Waals surface area contributed by atoms with Gasteiger partial charge in [0.25, 0.3) is 0 Å². The summed E-state index contributed by atoms with van der Waals surface area (Å²) in [6, 6.07) is 0. The molecule has 1 aliphatic carbocycles. The first-order valence-electron chi connectivity index (χ1n) is 9.93. The second kappa shape index (κ2) is 7.95. The molecule has 1 aliphatic rings. The second-order valence-electron chi connectivity index (χ2n) is 7.27. The number of nitrogens with one attached hydrogen (secondary N) is 3. The highest BCUT2D eigenvalue weighted by molar-refractivity contribution is 6.03. The maximum Gasteiger partial charge on any atom is 0.355 e. The number of carbonyl (C=O) groups excluding carboxylic acids is 1. The van der Waals surface area contributed by atoms with Crippen LogP contribution in [-0.4, -0.2) is 28.0 Å². The van der Waals surface area contributed by atoms with Crippen LogP contribution in [0.25, 0.3) is 46.6 Å². The fraction of sp³-hybridized carbons (Fsp3) is 0.160. The standard InChI is InChI=1S/C25H25N3O2/c1-5-7-16-18(12-26-21(16)6-2)20-14-28-24(25(29)30-4)23(20)19-13-27-22-11-9-15(3)8-10-17(19)22/h5-15,26-28H,1H2,2-4H3/b16-7-,21-6+. The van der Waals surface area contributed by atoms with E-state index in [1.165, 1.54) is 7.11 Å². The quantitative estimate of drug-likeness (QED) is 0.574. The van der Waals surface area contributed by atoms with E-state index < -0.39 is 5.97 Å². The number of esters is 1. The van der Waals surface area contributed by atoms with Gasteiger partial charge in [0.05, 0.1) is 7.11 Å². The van der Waals surface area contributed by atoms with Crippen LogP contribution in [0.5, 0.6) is 0 Å². The molecule has 0 aromatic carbocycles. The summed E-state index contributed by atoms with van der Waals surface area (Å²) in [6.07, 6.45) is 20.0. The summed E-state index contributed by atoms with van der Waals surface area (Å²) in [6.45, 7) is 7.98. The van der Waals surface area contributed by atoms with Crippen molar-refractivity contribution in [3.63, 3.8) is 0 Å². The molecule has 0 amide bonds. The van der Waals surface area contributed by atoms with Crippen LogP contribution < -0.4 is 10.6 Å². The molecule has 3 aromatic heterocycles. The van der Waals surface area contributed by atoms with Crippen LogP contribution in [0.2, 0.25) is 0 Å². The molecule has 1 atom stereocenters. The molecule has 30 heavy (non-hydrogen) atoms. The predicted molar refractivity (Wildman–Crippen MR) is 123 cm³/mol. The van der Waals surface area contributed by atoms with Crippen molar-refractivity contribution in [3.05, 3.63) is 70.9 Å². The minimum absolute atomic E-state index is 0.338. The van der Waals surface area contributed by atoms with E-state index in [0.717, 1.165) is 44.1 Å². The first-order valence-corrected chi connectivity index (χ1v) is 9.93. The highest BCUT2D eigenvalue weighted by Gasteiger charge is 2.25. The molecule has 0 saturated heterocycles. The van der Waals surface area contributed by atoms with Gasteiger partial charge < -0.3 is 19.7 Å². The fourth-order valence-corrected chi connectivity index (χ4v) is 3.92. The van der Waals surface area contributed by atoms with E-state index >= 15 is 0 Å². The molecule has 3 N–H and O–H groups in total. The monoisotopic (exact) mass is 399 g/mol. The fourth-order valence-electron chi connectivity index (χ4n) is 3.92. The van der Waals surface area contributed by atoms with Crippen LogP contribution >= 0.6 is 0 Å². The summed E-state index contributed by atoms with van der Waals surface area (Å²) < 4.78 is 5.06. The summed E-state index contributed by atoms with van der Waals surface area (Å²) in [5.74, 6) is -0.0645. The van der Waals surface area contributed by atoms with Gasteiger partial charge >= 0.3 is 5.97 Å². The molecule has 0 aliphatic heterocycles. The van der Waals surface area contributed by atoms with Crippen molar-refractivity contribution in [3.8, 4) is 22.3 Å². The number of carbonyl (C=O) groups is 1.